The molecule has 0 fully saturated rings. The molecule has 0 radical (unpaired) electrons. The summed E-state index contributed by atoms with van der Waals surface area (Å²) in [5, 5.41) is 0. The first kappa shape index (κ1) is 18.2. The van der Waals surface area contributed by atoms with Gasteiger partial charge in [0, 0.05) is 24.4 Å². The molecule has 18 heavy (non-hydrogen) atoms. The van der Waals surface area contributed by atoms with Crippen LogP contribution in [0.3, 0.4) is 0 Å². The largest absolute Gasteiger partial charge is 0.381 e. The minimum Gasteiger partial charge on any atom is -0.381 e. The fraction of sp³-hybridized carbons (Fsp3) is 1.00. The molecule has 0 N–H and O–H groups in total. The lowest BCUT2D eigenvalue weighted by Crippen LogP contribution is -2.25. The topological polar surface area (TPSA) is 52.6 Å². The van der Waals surface area contributed by atoms with E-state index in [-0.39, 0.29) is 17.3 Å². The normalized spacial score (nSPS) is 14.7. The van der Waals surface area contributed by atoms with Gasteiger partial charge in [-0.1, -0.05) is 13.3 Å². The predicted molar refractivity (Wildman–Crippen MR) is 74.6 cm³/mol. The fourth-order valence-electron chi connectivity index (χ4n) is 1.57. The molecule has 0 bridgehead atoms. The van der Waals surface area contributed by atoms with E-state index in [1.807, 2.05) is 20.8 Å². The molecule has 0 aliphatic rings. The Morgan fingerprint density at radius 1 is 1.33 bits per heavy atom. The summed E-state index contributed by atoms with van der Waals surface area (Å²) in [6.45, 7) is 6.98. The SMILES string of the molecule is CCCC(COCCC(C)(C)OC)CS(=O)(=O)Cl. The molecule has 0 spiro atoms. The van der Waals surface area contributed by atoms with Gasteiger partial charge >= 0.3 is 0 Å². The maximum absolute atomic E-state index is 11.0. The number of rotatable bonds is 10. The van der Waals surface area contributed by atoms with Gasteiger partial charge in [-0.2, -0.15) is 0 Å². The summed E-state index contributed by atoms with van der Waals surface area (Å²) in [5.74, 6) is -0.0426. The van der Waals surface area contributed by atoms with Crippen LogP contribution in [0.5, 0.6) is 0 Å². The number of ether oxygens (including phenoxy) is 2. The molecule has 0 saturated heterocycles. The Morgan fingerprint density at radius 2 is 1.94 bits per heavy atom. The average molecular weight is 301 g/mol. The van der Waals surface area contributed by atoms with Crippen LogP contribution in [0, 0.1) is 5.92 Å². The van der Waals surface area contributed by atoms with Gasteiger partial charge in [0.15, 0.2) is 0 Å². The van der Waals surface area contributed by atoms with Crippen LogP contribution in [0.25, 0.3) is 0 Å². The first-order valence-corrected chi connectivity index (χ1v) is 8.73. The van der Waals surface area contributed by atoms with Crippen molar-refractivity contribution in [3.8, 4) is 0 Å². The minimum absolute atomic E-state index is 0.0178. The summed E-state index contributed by atoms with van der Waals surface area (Å²) in [6.07, 6.45) is 2.50. The Labute approximate surface area is 115 Å². The smallest absolute Gasteiger partial charge is 0.232 e. The van der Waals surface area contributed by atoms with E-state index < -0.39 is 9.05 Å². The van der Waals surface area contributed by atoms with Gasteiger partial charge in [-0.05, 0) is 32.6 Å². The van der Waals surface area contributed by atoms with Gasteiger partial charge < -0.3 is 9.47 Å². The maximum Gasteiger partial charge on any atom is 0.232 e. The third-order valence-corrected chi connectivity index (χ3v) is 4.13. The first-order valence-electron chi connectivity index (χ1n) is 6.25. The molecule has 110 valence electrons. The molecule has 0 aromatic heterocycles. The van der Waals surface area contributed by atoms with Crippen molar-refractivity contribution < 1.29 is 17.9 Å². The maximum atomic E-state index is 11.0. The summed E-state index contributed by atoms with van der Waals surface area (Å²) in [5.41, 5.74) is -0.210. The second-order valence-corrected chi connectivity index (χ2v) is 7.97. The van der Waals surface area contributed by atoms with Crippen LogP contribution in [0.4, 0.5) is 0 Å². The van der Waals surface area contributed by atoms with E-state index in [1.54, 1.807) is 7.11 Å². The molecule has 1 atom stereocenters. The van der Waals surface area contributed by atoms with Crippen molar-refractivity contribution in [3.63, 3.8) is 0 Å². The van der Waals surface area contributed by atoms with Crippen molar-refractivity contribution >= 4 is 19.7 Å². The average Bonchev–Trinajstić information content (AvgIpc) is 2.22. The lowest BCUT2D eigenvalue weighted by atomic mass is 10.1. The molecular weight excluding hydrogens is 276 g/mol. The lowest BCUT2D eigenvalue weighted by Gasteiger charge is -2.23. The van der Waals surface area contributed by atoms with Crippen molar-refractivity contribution in [1.29, 1.82) is 0 Å². The number of halogens is 1. The number of methoxy groups -OCH3 is 1. The Bertz CT molecular complexity index is 314. The summed E-state index contributed by atoms with van der Waals surface area (Å²) in [4.78, 5) is 0. The summed E-state index contributed by atoms with van der Waals surface area (Å²) in [7, 11) is 3.49. The Hall–Kier alpha value is 0.160. The van der Waals surface area contributed by atoms with Crippen LogP contribution >= 0.6 is 10.7 Å². The second-order valence-electron chi connectivity index (χ2n) is 5.15. The van der Waals surface area contributed by atoms with Crippen molar-refractivity contribution in [2.75, 3.05) is 26.1 Å². The van der Waals surface area contributed by atoms with Gasteiger partial charge in [0.05, 0.1) is 18.0 Å². The fourth-order valence-corrected chi connectivity index (χ4v) is 2.94. The van der Waals surface area contributed by atoms with Crippen molar-refractivity contribution in [2.45, 2.75) is 45.6 Å². The second kappa shape index (κ2) is 8.35. The summed E-state index contributed by atoms with van der Waals surface area (Å²) < 4.78 is 32.9. The Kier molecular flexibility index (Phi) is 8.43. The highest BCUT2D eigenvalue weighted by Crippen LogP contribution is 2.15. The van der Waals surface area contributed by atoms with E-state index in [0.717, 1.165) is 19.3 Å². The highest BCUT2D eigenvalue weighted by Gasteiger charge is 2.19. The molecule has 0 heterocycles. The van der Waals surface area contributed by atoms with E-state index in [4.69, 9.17) is 20.2 Å². The lowest BCUT2D eigenvalue weighted by molar-refractivity contribution is -0.0137. The molecule has 0 rings (SSSR count). The Balaban J connectivity index is 3.98. The first-order chi connectivity index (χ1) is 8.20. The van der Waals surface area contributed by atoms with Crippen molar-refractivity contribution in [3.05, 3.63) is 0 Å². The number of hydrogen-bond donors (Lipinski definition) is 0. The molecular formula is C12H25ClO4S. The van der Waals surface area contributed by atoms with E-state index in [0.29, 0.717) is 13.2 Å². The Morgan fingerprint density at radius 3 is 2.39 bits per heavy atom. The molecule has 0 aromatic rings. The van der Waals surface area contributed by atoms with E-state index in [2.05, 4.69) is 0 Å². The zero-order valence-electron chi connectivity index (χ0n) is 11.7. The molecule has 0 aliphatic heterocycles. The van der Waals surface area contributed by atoms with Crippen LogP contribution in [-0.2, 0) is 18.5 Å². The van der Waals surface area contributed by atoms with E-state index in [1.165, 1.54) is 0 Å². The van der Waals surface area contributed by atoms with Crippen LogP contribution in [0.2, 0.25) is 0 Å². The third-order valence-electron chi connectivity index (χ3n) is 2.89. The standard InChI is InChI=1S/C12H25ClO4S/c1-5-6-11(10-18(13,14)15)9-17-8-7-12(2,3)16-4/h11H,5-10H2,1-4H3. The molecule has 6 heteroatoms. The summed E-state index contributed by atoms with van der Waals surface area (Å²) >= 11 is 0. The van der Waals surface area contributed by atoms with Gasteiger partial charge in [0.1, 0.15) is 0 Å². The van der Waals surface area contributed by atoms with Gasteiger partial charge in [-0.3, -0.25) is 0 Å². The predicted octanol–water partition coefficient (Wildman–Crippen LogP) is 2.80. The monoisotopic (exact) mass is 300 g/mol. The zero-order valence-corrected chi connectivity index (χ0v) is 13.3. The van der Waals surface area contributed by atoms with Gasteiger partial charge in [-0.25, -0.2) is 8.42 Å². The van der Waals surface area contributed by atoms with Crippen LogP contribution in [-0.4, -0.2) is 40.1 Å². The highest BCUT2D eigenvalue weighted by atomic mass is 35.7. The molecule has 0 amide bonds. The molecule has 0 aliphatic carbocycles. The van der Waals surface area contributed by atoms with Crippen molar-refractivity contribution in [1.82, 2.24) is 0 Å². The minimum atomic E-state index is -3.45. The van der Waals surface area contributed by atoms with Crippen LogP contribution in [0.15, 0.2) is 0 Å². The van der Waals surface area contributed by atoms with Gasteiger partial charge in [0.2, 0.25) is 9.05 Å². The van der Waals surface area contributed by atoms with Gasteiger partial charge in [0.25, 0.3) is 0 Å². The van der Waals surface area contributed by atoms with E-state index >= 15 is 0 Å². The van der Waals surface area contributed by atoms with Gasteiger partial charge in [-0.15, -0.1) is 0 Å². The van der Waals surface area contributed by atoms with Crippen molar-refractivity contribution in [2.24, 2.45) is 5.92 Å². The summed E-state index contributed by atoms with van der Waals surface area (Å²) in [6, 6.07) is 0. The molecule has 0 aromatic carbocycles. The molecule has 4 nitrogen and oxygen atoms in total. The molecule has 1 unspecified atom stereocenters. The van der Waals surface area contributed by atoms with E-state index in [9.17, 15) is 8.42 Å². The van der Waals surface area contributed by atoms with Crippen LogP contribution in [0.1, 0.15) is 40.0 Å². The number of hydrogen-bond acceptors (Lipinski definition) is 4. The van der Waals surface area contributed by atoms with Crippen LogP contribution < -0.4 is 0 Å². The third kappa shape index (κ3) is 10.1. The highest BCUT2D eigenvalue weighted by molar-refractivity contribution is 8.13. The quantitative estimate of drug-likeness (QED) is 0.460. The molecule has 0 saturated carbocycles. The zero-order chi connectivity index (χ0) is 14.2.